The van der Waals surface area contributed by atoms with Gasteiger partial charge in [0.15, 0.2) is 0 Å². The van der Waals surface area contributed by atoms with Gasteiger partial charge in [0.05, 0.1) is 0 Å². The lowest BCUT2D eigenvalue weighted by Crippen LogP contribution is -2.51. The number of benzene rings is 1. The maximum atomic E-state index is 13.0. The Morgan fingerprint density at radius 3 is 2.55 bits per heavy atom. The molecule has 1 aliphatic heterocycles. The lowest BCUT2D eigenvalue weighted by Gasteiger charge is -2.42. The largest absolute Gasteiger partial charge is 0.459 e. The Morgan fingerprint density at radius 1 is 1.28 bits per heavy atom. The first-order valence-electron chi connectivity index (χ1n) is 10.2. The number of carbonyl (C=O) groups excluding carboxylic acids is 3. The van der Waals surface area contributed by atoms with Crippen molar-refractivity contribution in [3.63, 3.8) is 0 Å². The van der Waals surface area contributed by atoms with Crippen LogP contribution in [0.25, 0.3) is 0 Å². The second-order valence-corrected chi connectivity index (χ2v) is 9.63. The van der Waals surface area contributed by atoms with E-state index < -0.39 is 17.5 Å². The zero-order chi connectivity index (χ0) is 21.2. The molecule has 29 heavy (non-hydrogen) atoms. The molecule has 1 heterocycles. The predicted molar refractivity (Wildman–Crippen MR) is 113 cm³/mol. The highest BCUT2D eigenvalue weighted by Gasteiger charge is 2.53. The van der Waals surface area contributed by atoms with E-state index in [1.54, 1.807) is 0 Å². The molecule has 0 radical (unpaired) electrons. The van der Waals surface area contributed by atoms with E-state index >= 15 is 0 Å². The molecule has 0 unspecified atom stereocenters. The van der Waals surface area contributed by atoms with Crippen LogP contribution in [0.5, 0.6) is 0 Å². The highest BCUT2D eigenvalue weighted by molar-refractivity contribution is 9.10. The molecule has 158 valence electrons. The van der Waals surface area contributed by atoms with Gasteiger partial charge in [0.1, 0.15) is 18.7 Å². The smallest absolute Gasteiger partial charge is 0.326 e. The van der Waals surface area contributed by atoms with Gasteiger partial charge < -0.3 is 10.1 Å². The van der Waals surface area contributed by atoms with Gasteiger partial charge >= 0.3 is 12.0 Å². The van der Waals surface area contributed by atoms with Gasteiger partial charge in [-0.25, -0.2) is 4.79 Å². The van der Waals surface area contributed by atoms with Gasteiger partial charge in [-0.2, -0.15) is 0 Å². The van der Waals surface area contributed by atoms with Gasteiger partial charge in [-0.3, -0.25) is 14.5 Å². The van der Waals surface area contributed by atoms with Crippen molar-refractivity contribution in [3.8, 4) is 0 Å². The Bertz CT molecular complexity index is 800. The fourth-order valence-corrected chi connectivity index (χ4v) is 4.69. The summed E-state index contributed by atoms with van der Waals surface area (Å²) in [6, 6.07) is 6.93. The summed E-state index contributed by atoms with van der Waals surface area (Å²) in [5, 5.41) is 2.87. The zero-order valence-corrected chi connectivity index (χ0v) is 18.9. The van der Waals surface area contributed by atoms with Crippen molar-refractivity contribution < 1.29 is 19.1 Å². The molecule has 1 spiro atoms. The fourth-order valence-electron chi connectivity index (χ4n) is 4.29. The molecule has 0 bridgehead atoms. The first kappa shape index (κ1) is 21.8. The van der Waals surface area contributed by atoms with Crippen molar-refractivity contribution >= 4 is 33.8 Å². The number of amides is 3. The molecule has 0 atom stereocenters. The van der Waals surface area contributed by atoms with Crippen LogP contribution in [0.2, 0.25) is 0 Å². The maximum Gasteiger partial charge on any atom is 0.326 e. The molecular weight excluding hydrogens is 436 g/mol. The van der Waals surface area contributed by atoms with Crippen LogP contribution in [0.3, 0.4) is 0 Å². The van der Waals surface area contributed by atoms with Crippen molar-refractivity contribution in [1.29, 1.82) is 0 Å². The number of carbonyl (C=O) groups is 3. The quantitative estimate of drug-likeness (QED) is 0.499. The second-order valence-electron chi connectivity index (χ2n) is 8.77. The highest BCUT2D eigenvalue weighted by atomic mass is 79.9. The Morgan fingerprint density at radius 2 is 1.93 bits per heavy atom. The van der Waals surface area contributed by atoms with Crippen LogP contribution in [0.4, 0.5) is 4.79 Å². The van der Waals surface area contributed by atoms with Crippen LogP contribution in [0.1, 0.15) is 58.4 Å². The van der Waals surface area contributed by atoms with Crippen LogP contribution >= 0.6 is 15.9 Å². The lowest BCUT2D eigenvalue weighted by molar-refractivity contribution is -0.149. The summed E-state index contributed by atoms with van der Waals surface area (Å²) >= 11 is 3.41. The van der Waals surface area contributed by atoms with Crippen molar-refractivity contribution in [2.24, 2.45) is 11.3 Å². The average molecular weight is 465 g/mol. The number of nitrogens with zero attached hydrogens (tertiary/aromatic N) is 1. The van der Waals surface area contributed by atoms with Crippen molar-refractivity contribution in [2.75, 3.05) is 6.54 Å². The molecule has 1 aromatic rings. The molecule has 1 aliphatic carbocycles. The van der Waals surface area contributed by atoms with E-state index in [-0.39, 0.29) is 24.5 Å². The molecule has 6 nitrogen and oxygen atoms in total. The molecule has 1 N–H and O–H groups in total. The molecule has 7 heteroatoms. The molecule has 2 fully saturated rings. The van der Waals surface area contributed by atoms with Gasteiger partial charge in [-0.05, 0) is 43.1 Å². The van der Waals surface area contributed by atoms with Crippen LogP contribution in [-0.2, 0) is 20.9 Å². The van der Waals surface area contributed by atoms with E-state index in [0.29, 0.717) is 18.8 Å². The monoisotopic (exact) mass is 464 g/mol. The van der Waals surface area contributed by atoms with Gasteiger partial charge in [0.25, 0.3) is 5.91 Å². The van der Waals surface area contributed by atoms with Gasteiger partial charge in [-0.1, -0.05) is 61.3 Å². The van der Waals surface area contributed by atoms with E-state index in [9.17, 15) is 14.4 Å². The van der Waals surface area contributed by atoms with E-state index in [4.69, 9.17) is 4.74 Å². The van der Waals surface area contributed by atoms with Crippen LogP contribution in [0, 0.1) is 11.3 Å². The number of esters is 1. The van der Waals surface area contributed by atoms with Gasteiger partial charge in [0, 0.05) is 10.0 Å². The first-order valence-corrected chi connectivity index (χ1v) is 11.0. The van der Waals surface area contributed by atoms with E-state index in [1.807, 2.05) is 24.3 Å². The second kappa shape index (κ2) is 8.46. The van der Waals surface area contributed by atoms with Crippen molar-refractivity contribution in [1.82, 2.24) is 10.2 Å². The zero-order valence-electron chi connectivity index (χ0n) is 17.3. The van der Waals surface area contributed by atoms with Crippen LogP contribution < -0.4 is 5.32 Å². The minimum Gasteiger partial charge on any atom is -0.459 e. The number of nitrogens with one attached hydrogen (secondary N) is 1. The average Bonchev–Trinajstić information content (AvgIpc) is 2.92. The molecule has 0 aromatic heterocycles. The van der Waals surface area contributed by atoms with Gasteiger partial charge in [0.2, 0.25) is 0 Å². The Labute approximate surface area is 180 Å². The molecule has 1 saturated carbocycles. The number of halogens is 1. The van der Waals surface area contributed by atoms with Crippen molar-refractivity contribution in [2.45, 2.75) is 65.0 Å². The number of rotatable bonds is 6. The van der Waals surface area contributed by atoms with E-state index in [1.165, 1.54) is 0 Å². The predicted octanol–water partition coefficient (Wildman–Crippen LogP) is 4.41. The van der Waals surface area contributed by atoms with Crippen LogP contribution in [0.15, 0.2) is 28.7 Å². The third kappa shape index (κ3) is 4.49. The summed E-state index contributed by atoms with van der Waals surface area (Å²) in [7, 11) is 0. The fraction of sp³-hybridized carbons (Fsp3) is 0.591. The summed E-state index contributed by atoms with van der Waals surface area (Å²) < 4.78 is 6.12. The summed E-state index contributed by atoms with van der Waals surface area (Å²) in [5.74, 6) is -0.360. The Hall–Kier alpha value is -1.89. The molecule has 3 amide bonds. The molecule has 3 rings (SSSR count). The van der Waals surface area contributed by atoms with Crippen molar-refractivity contribution in [3.05, 3.63) is 34.3 Å². The maximum absolute atomic E-state index is 13.0. The first-order chi connectivity index (χ1) is 13.7. The minimum atomic E-state index is -0.861. The Balaban J connectivity index is 1.58. The minimum absolute atomic E-state index is 0.0861. The molecule has 1 saturated heterocycles. The summed E-state index contributed by atoms with van der Waals surface area (Å²) in [5.41, 5.74) is 0.189. The third-order valence-corrected chi connectivity index (χ3v) is 7.51. The van der Waals surface area contributed by atoms with Crippen LogP contribution in [-0.4, -0.2) is 34.9 Å². The third-order valence-electron chi connectivity index (χ3n) is 6.74. The lowest BCUT2D eigenvalue weighted by atomic mass is 9.65. The Kier molecular flexibility index (Phi) is 6.36. The molecule has 2 aliphatic rings. The summed E-state index contributed by atoms with van der Waals surface area (Å²) in [6.45, 7) is 6.44. The summed E-state index contributed by atoms with van der Waals surface area (Å²) in [6.07, 6.45) is 4.11. The molecular formula is C22H29BrN2O4. The van der Waals surface area contributed by atoms with E-state index in [2.05, 4.69) is 42.0 Å². The number of hydrogen-bond acceptors (Lipinski definition) is 4. The topological polar surface area (TPSA) is 75.7 Å². The summed E-state index contributed by atoms with van der Waals surface area (Å²) in [4.78, 5) is 38.7. The number of ether oxygens (including phenoxy) is 1. The van der Waals surface area contributed by atoms with Gasteiger partial charge in [-0.15, -0.1) is 0 Å². The SMILES string of the molecule is CCC(C)(C)C1CCC2(CC1)NC(=O)N(CC(=O)OCc1ccccc1Br)C2=O. The number of urea groups is 1. The normalized spacial score (nSPS) is 24.7. The standard InChI is InChI=1S/C22H29BrN2O4/c1-4-21(2,3)16-9-11-22(12-10-16)19(27)25(20(28)24-22)13-18(26)29-14-15-7-5-6-8-17(15)23/h5-8,16H,4,9-14H2,1-3H3,(H,24,28). The number of hydrogen-bond donors (Lipinski definition) is 1. The van der Waals surface area contributed by atoms with E-state index in [0.717, 1.165) is 34.2 Å². The molecule has 1 aromatic carbocycles. The highest BCUT2D eigenvalue weighted by Crippen LogP contribution is 2.45. The number of imide groups is 1.